The van der Waals surface area contributed by atoms with E-state index in [1.807, 2.05) is 14.1 Å². The maximum Gasteiger partial charge on any atom is 0.244 e. The molecule has 0 amide bonds. The van der Waals surface area contributed by atoms with Crippen LogP contribution < -0.4 is 4.90 Å². The molecule has 27 heavy (non-hydrogen) atoms. The maximum absolute atomic E-state index is 12.8. The highest BCUT2D eigenvalue weighted by atomic mass is 35.5. The smallest absolute Gasteiger partial charge is 0.244 e. The lowest BCUT2D eigenvalue weighted by molar-refractivity contribution is 0.181. The molecule has 0 spiro atoms. The lowest BCUT2D eigenvalue weighted by atomic mass is 10.2. The average Bonchev–Trinajstić information content (AvgIpc) is 2.63. The van der Waals surface area contributed by atoms with Gasteiger partial charge in [0.2, 0.25) is 10.0 Å². The molecule has 0 atom stereocenters. The molecule has 0 aromatic heterocycles. The molecule has 3 rings (SSSR count). The number of piperazine rings is 1. The highest BCUT2D eigenvalue weighted by Crippen LogP contribution is 2.25. The van der Waals surface area contributed by atoms with Gasteiger partial charge < -0.3 is 4.90 Å². The molecule has 1 heterocycles. The lowest BCUT2D eigenvalue weighted by Gasteiger charge is -2.34. The van der Waals surface area contributed by atoms with E-state index in [1.54, 1.807) is 24.3 Å². The van der Waals surface area contributed by atoms with Crippen molar-refractivity contribution in [1.82, 2.24) is 9.21 Å². The highest BCUT2D eigenvalue weighted by molar-refractivity contribution is 7.89. The fourth-order valence-corrected chi connectivity index (χ4v) is 4.99. The van der Waals surface area contributed by atoms with Crippen LogP contribution in [0.2, 0.25) is 5.02 Å². The van der Waals surface area contributed by atoms with E-state index < -0.39 is 10.0 Å². The minimum atomic E-state index is -3.53. The van der Waals surface area contributed by atoms with Gasteiger partial charge in [0, 0.05) is 52.5 Å². The Labute approximate surface area is 173 Å². The van der Waals surface area contributed by atoms with Crippen LogP contribution in [0.5, 0.6) is 0 Å². The number of sulfonamides is 1. The fraction of sp³-hybridized carbons (Fsp3) is 0.368. The monoisotopic (exact) mass is 429 g/mol. The van der Waals surface area contributed by atoms with Gasteiger partial charge in [-0.3, -0.25) is 4.90 Å². The van der Waals surface area contributed by atoms with Crippen molar-refractivity contribution in [2.45, 2.75) is 11.4 Å². The molecule has 148 valence electrons. The van der Waals surface area contributed by atoms with Crippen molar-refractivity contribution in [3.8, 4) is 0 Å². The second-order valence-electron chi connectivity index (χ2n) is 6.67. The molecule has 5 nitrogen and oxygen atoms in total. The van der Waals surface area contributed by atoms with Gasteiger partial charge in [0.15, 0.2) is 0 Å². The molecule has 2 aromatic rings. The SMILES string of the molecule is CN(C)c1ccc(CN2CCN(S(=O)(=O)c3ccccc3Cl)CC2)cc1.Cl. The third-order valence-corrected chi connectivity index (χ3v) is 7.04. The third-order valence-electron chi connectivity index (χ3n) is 4.64. The number of rotatable bonds is 5. The summed E-state index contributed by atoms with van der Waals surface area (Å²) in [6.07, 6.45) is 0. The van der Waals surface area contributed by atoms with E-state index >= 15 is 0 Å². The first-order valence-corrected chi connectivity index (χ1v) is 10.4. The van der Waals surface area contributed by atoms with Crippen LogP contribution in [0.25, 0.3) is 0 Å². The van der Waals surface area contributed by atoms with Crippen molar-refractivity contribution < 1.29 is 8.42 Å². The van der Waals surface area contributed by atoms with Gasteiger partial charge in [-0.25, -0.2) is 8.42 Å². The summed E-state index contributed by atoms with van der Waals surface area (Å²) < 4.78 is 27.1. The van der Waals surface area contributed by atoms with Crippen LogP contribution in [-0.4, -0.2) is 57.9 Å². The number of halogens is 2. The van der Waals surface area contributed by atoms with E-state index in [1.165, 1.54) is 15.6 Å². The summed E-state index contributed by atoms with van der Waals surface area (Å²) >= 11 is 6.08. The van der Waals surface area contributed by atoms with Gasteiger partial charge in [-0.15, -0.1) is 12.4 Å². The van der Waals surface area contributed by atoms with Crippen molar-refractivity contribution in [2.24, 2.45) is 0 Å². The summed E-state index contributed by atoms with van der Waals surface area (Å²) in [7, 11) is 0.508. The van der Waals surface area contributed by atoms with Crippen LogP contribution in [0.4, 0.5) is 5.69 Å². The Morgan fingerprint density at radius 1 is 0.963 bits per heavy atom. The van der Waals surface area contributed by atoms with Gasteiger partial charge in [0.1, 0.15) is 4.90 Å². The van der Waals surface area contributed by atoms with Crippen LogP contribution in [0.3, 0.4) is 0 Å². The van der Waals surface area contributed by atoms with Gasteiger partial charge in [0.05, 0.1) is 5.02 Å². The molecule has 0 aliphatic carbocycles. The summed E-state index contributed by atoms with van der Waals surface area (Å²) in [5.74, 6) is 0. The van der Waals surface area contributed by atoms with E-state index in [0.29, 0.717) is 26.2 Å². The molecule has 2 aromatic carbocycles. The average molecular weight is 430 g/mol. The second kappa shape index (κ2) is 9.26. The molecule has 1 fully saturated rings. The molecular formula is C19H25Cl2N3O2S. The number of benzene rings is 2. The van der Waals surface area contributed by atoms with E-state index in [0.717, 1.165) is 6.54 Å². The summed E-state index contributed by atoms with van der Waals surface area (Å²) in [6, 6.07) is 15.1. The van der Waals surface area contributed by atoms with Crippen molar-refractivity contribution >= 4 is 39.7 Å². The molecule has 8 heteroatoms. The van der Waals surface area contributed by atoms with Crippen molar-refractivity contribution in [3.05, 3.63) is 59.1 Å². The van der Waals surface area contributed by atoms with Crippen molar-refractivity contribution in [1.29, 1.82) is 0 Å². The summed E-state index contributed by atoms with van der Waals surface area (Å²) in [4.78, 5) is 4.54. The zero-order valence-corrected chi connectivity index (χ0v) is 17.9. The Morgan fingerprint density at radius 2 is 1.56 bits per heavy atom. The molecule has 0 unspecified atom stereocenters. The molecule has 0 radical (unpaired) electrons. The Balaban J connectivity index is 0.00000261. The van der Waals surface area contributed by atoms with Crippen molar-refractivity contribution in [2.75, 3.05) is 45.2 Å². The largest absolute Gasteiger partial charge is 0.378 e. The summed E-state index contributed by atoms with van der Waals surface area (Å²) in [6.45, 7) is 3.19. The number of nitrogens with zero attached hydrogens (tertiary/aromatic N) is 3. The first-order valence-electron chi connectivity index (χ1n) is 8.61. The zero-order valence-electron chi connectivity index (χ0n) is 15.5. The first kappa shape index (κ1) is 22.0. The quantitative estimate of drug-likeness (QED) is 0.730. The zero-order chi connectivity index (χ0) is 18.7. The molecule has 0 N–H and O–H groups in total. The summed E-state index contributed by atoms with van der Waals surface area (Å²) in [5, 5.41) is 0.274. The minimum Gasteiger partial charge on any atom is -0.378 e. The Morgan fingerprint density at radius 3 is 2.11 bits per heavy atom. The standard InChI is InChI=1S/C19H24ClN3O2S.ClH/c1-21(2)17-9-7-16(8-10-17)15-22-11-13-23(14-12-22)26(24,25)19-6-4-3-5-18(19)20;/h3-10H,11-15H2,1-2H3;1H. The molecule has 0 saturated carbocycles. The Hall–Kier alpha value is -1.31. The van der Waals surface area contributed by atoms with Gasteiger partial charge in [-0.05, 0) is 29.8 Å². The first-order chi connectivity index (χ1) is 12.4. The lowest BCUT2D eigenvalue weighted by Crippen LogP contribution is -2.48. The summed E-state index contributed by atoms with van der Waals surface area (Å²) in [5.41, 5.74) is 2.41. The van der Waals surface area contributed by atoms with E-state index in [9.17, 15) is 8.42 Å². The molecule has 1 aliphatic heterocycles. The van der Waals surface area contributed by atoms with E-state index in [4.69, 9.17) is 11.6 Å². The van der Waals surface area contributed by atoms with Crippen LogP contribution in [0, 0.1) is 0 Å². The second-order valence-corrected chi connectivity index (χ2v) is 8.99. The van der Waals surface area contributed by atoms with Crippen LogP contribution in [0.15, 0.2) is 53.4 Å². The third kappa shape index (κ3) is 5.15. The highest BCUT2D eigenvalue weighted by Gasteiger charge is 2.29. The molecule has 1 aliphatic rings. The maximum atomic E-state index is 12.8. The number of hydrogen-bond acceptors (Lipinski definition) is 4. The molecular weight excluding hydrogens is 405 g/mol. The number of hydrogen-bond donors (Lipinski definition) is 0. The van der Waals surface area contributed by atoms with E-state index in [-0.39, 0.29) is 22.3 Å². The molecule has 0 bridgehead atoms. The number of anilines is 1. The Bertz CT molecular complexity index is 850. The van der Waals surface area contributed by atoms with Gasteiger partial charge >= 0.3 is 0 Å². The van der Waals surface area contributed by atoms with Crippen LogP contribution >= 0.6 is 24.0 Å². The van der Waals surface area contributed by atoms with Crippen LogP contribution in [-0.2, 0) is 16.6 Å². The van der Waals surface area contributed by atoms with Gasteiger partial charge in [-0.1, -0.05) is 35.9 Å². The topological polar surface area (TPSA) is 43.9 Å². The minimum absolute atomic E-state index is 0. The Kier molecular flexibility index (Phi) is 7.54. The van der Waals surface area contributed by atoms with Crippen LogP contribution in [0.1, 0.15) is 5.56 Å². The van der Waals surface area contributed by atoms with Gasteiger partial charge in [-0.2, -0.15) is 4.31 Å². The predicted octanol–water partition coefficient (Wildman–Crippen LogP) is 3.33. The van der Waals surface area contributed by atoms with Gasteiger partial charge in [0.25, 0.3) is 0 Å². The predicted molar refractivity (Wildman–Crippen MR) is 114 cm³/mol. The normalized spacial score (nSPS) is 16.0. The fourth-order valence-electron chi connectivity index (χ4n) is 3.08. The van der Waals surface area contributed by atoms with E-state index in [2.05, 4.69) is 34.1 Å². The van der Waals surface area contributed by atoms with Crippen molar-refractivity contribution in [3.63, 3.8) is 0 Å². The molecule has 1 saturated heterocycles.